The van der Waals surface area contributed by atoms with E-state index in [1.54, 1.807) is 20.3 Å². The van der Waals surface area contributed by atoms with Crippen molar-refractivity contribution in [2.75, 3.05) is 20.0 Å². The molecule has 0 aromatic heterocycles. The molecule has 5 heteroatoms. The largest absolute Gasteiger partial charge is 0.495 e. The van der Waals surface area contributed by atoms with Crippen molar-refractivity contribution < 1.29 is 9.47 Å². The van der Waals surface area contributed by atoms with E-state index in [2.05, 4.69) is 10.2 Å². The van der Waals surface area contributed by atoms with E-state index in [1.807, 2.05) is 38.1 Å². The fourth-order valence-corrected chi connectivity index (χ4v) is 1.97. The van der Waals surface area contributed by atoms with Crippen LogP contribution in [0.5, 0.6) is 11.5 Å². The SMILES string of the molecule is COc1cc(N=Nc2cc(C)ccc2OC)c(C)cc1N. The van der Waals surface area contributed by atoms with E-state index < -0.39 is 0 Å². The first kappa shape index (κ1) is 14.8. The summed E-state index contributed by atoms with van der Waals surface area (Å²) in [7, 11) is 3.19. The van der Waals surface area contributed by atoms with Crippen molar-refractivity contribution >= 4 is 17.1 Å². The van der Waals surface area contributed by atoms with E-state index >= 15 is 0 Å². The third-order valence-electron chi connectivity index (χ3n) is 3.15. The van der Waals surface area contributed by atoms with Gasteiger partial charge in [0.25, 0.3) is 0 Å². The number of rotatable bonds is 4. The van der Waals surface area contributed by atoms with Crippen LogP contribution in [0.25, 0.3) is 0 Å². The summed E-state index contributed by atoms with van der Waals surface area (Å²) in [5, 5.41) is 8.56. The average Bonchev–Trinajstić information content (AvgIpc) is 2.46. The molecule has 2 N–H and O–H groups in total. The Morgan fingerprint density at radius 2 is 1.52 bits per heavy atom. The van der Waals surface area contributed by atoms with Crippen LogP contribution in [0, 0.1) is 13.8 Å². The number of anilines is 1. The van der Waals surface area contributed by atoms with Crippen molar-refractivity contribution in [3.05, 3.63) is 41.5 Å². The summed E-state index contributed by atoms with van der Waals surface area (Å²) < 4.78 is 10.5. The van der Waals surface area contributed by atoms with Crippen LogP contribution in [0.1, 0.15) is 11.1 Å². The van der Waals surface area contributed by atoms with Gasteiger partial charge in [0.2, 0.25) is 0 Å². The molecule has 0 saturated heterocycles. The highest BCUT2D eigenvalue weighted by Crippen LogP contribution is 2.34. The van der Waals surface area contributed by atoms with E-state index in [9.17, 15) is 0 Å². The minimum absolute atomic E-state index is 0.585. The van der Waals surface area contributed by atoms with E-state index in [-0.39, 0.29) is 0 Å². The van der Waals surface area contributed by atoms with Crippen molar-refractivity contribution in [3.8, 4) is 11.5 Å². The lowest BCUT2D eigenvalue weighted by Crippen LogP contribution is -1.92. The second-order valence-electron chi connectivity index (χ2n) is 4.76. The molecule has 110 valence electrons. The summed E-state index contributed by atoms with van der Waals surface area (Å²) >= 11 is 0. The molecule has 0 spiro atoms. The molecule has 0 aliphatic rings. The summed E-state index contributed by atoms with van der Waals surface area (Å²) in [5.41, 5.74) is 9.87. The third-order valence-corrected chi connectivity index (χ3v) is 3.15. The molecule has 0 unspecified atom stereocenters. The van der Waals surface area contributed by atoms with Crippen LogP contribution in [0.4, 0.5) is 17.1 Å². The number of azo groups is 1. The molecule has 0 heterocycles. The molecule has 0 aliphatic carbocycles. The highest BCUT2D eigenvalue weighted by Gasteiger charge is 2.06. The van der Waals surface area contributed by atoms with E-state index in [4.69, 9.17) is 15.2 Å². The predicted octanol–water partition coefficient (Wildman–Crippen LogP) is 4.32. The summed E-state index contributed by atoms with van der Waals surface area (Å²) in [6.45, 7) is 3.92. The predicted molar refractivity (Wildman–Crippen MR) is 84.1 cm³/mol. The maximum absolute atomic E-state index is 5.86. The molecule has 0 aliphatic heterocycles. The Hall–Kier alpha value is -2.56. The molecule has 0 amide bonds. The summed E-state index contributed by atoms with van der Waals surface area (Å²) in [4.78, 5) is 0. The molecule has 0 fully saturated rings. The lowest BCUT2D eigenvalue weighted by Gasteiger charge is -2.08. The topological polar surface area (TPSA) is 69.2 Å². The van der Waals surface area contributed by atoms with Gasteiger partial charge >= 0.3 is 0 Å². The van der Waals surface area contributed by atoms with E-state index in [1.165, 1.54) is 0 Å². The summed E-state index contributed by atoms with van der Waals surface area (Å²) in [5.74, 6) is 1.27. The molecule has 2 rings (SSSR count). The fourth-order valence-electron chi connectivity index (χ4n) is 1.97. The monoisotopic (exact) mass is 285 g/mol. The van der Waals surface area contributed by atoms with Crippen LogP contribution in [0.3, 0.4) is 0 Å². The van der Waals surface area contributed by atoms with Gasteiger partial charge in [-0.05, 0) is 43.2 Å². The van der Waals surface area contributed by atoms with Gasteiger partial charge in [0.05, 0.1) is 25.6 Å². The van der Waals surface area contributed by atoms with E-state index in [0.717, 1.165) is 11.1 Å². The van der Waals surface area contributed by atoms with Gasteiger partial charge in [-0.3, -0.25) is 0 Å². The standard InChI is InChI=1S/C16H19N3O2/c1-10-5-6-15(20-3)14(7-10)19-18-13-9-16(21-4)12(17)8-11(13)2/h5-9H,17H2,1-4H3. The first-order valence-electron chi connectivity index (χ1n) is 6.55. The minimum Gasteiger partial charge on any atom is -0.495 e. The summed E-state index contributed by atoms with van der Waals surface area (Å²) in [6.07, 6.45) is 0. The Morgan fingerprint density at radius 1 is 0.857 bits per heavy atom. The first-order valence-corrected chi connectivity index (χ1v) is 6.55. The van der Waals surface area contributed by atoms with Gasteiger partial charge in [-0.1, -0.05) is 6.07 Å². The Balaban J connectivity index is 2.40. The highest BCUT2D eigenvalue weighted by atomic mass is 16.5. The minimum atomic E-state index is 0.585. The van der Waals surface area contributed by atoms with Crippen molar-refractivity contribution in [2.24, 2.45) is 10.2 Å². The van der Waals surface area contributed by atoms with Gasteiger partial charge in [-0.15, -0.1) is 5.11 Å². The number of nitrogen functional groups attached to an aromatic ring is 1. The molecule has 5 nitrogen and oxygen atoms in total. The Bertz CT molecular complexity index is 681. The molecule has 2 aromatic carbocycles. The molecule has 0 atom stereocenters. The smallest absolute Gasteiger partial charge is 0.146 e. The van der Waals surface area contributed by atoms with Crippen LogP contribution in [0.15, 0.2) is 40.6 Å². The normalized spacial score (nSPS) is 10.9. The number of benzene rings is 2. The van der Waals surface area contributed by atoms with Crippen LogP contribution in [-0.2, 0) is 0 Å². The number of hydrogen-bond acceptors (Lipinski definition) is 5. The highest BCUT2D eigenvalue weighted by molar-refractivity contribution is 5.63. The zero-order chi connectivity index (χ0) is 15.4. The van der Waals surface area contributed by atoms with Gasteiger partial charge in [0.15, 0.2) is 0 Å². The van der Waals surface area contributed by atoms with Gasteiger partial charge in [0.1, 0.15) is 17.2 Å². The lowest BCUT2D eigenvalue weighted by atomic mass is 10.1. The second-order valence-corrected chi connectivity index (χ2v) is 4.76. The van der Waals surface area contributed by atoms with Gasteiger partial charge in [-0.2, -0.15) is 5.11 Å². The molecular formula is C16H19N3O2. The molecule has 2 aromatic rings. The molecular weight excluding hydrogens is 266 g/mol. The number of ether oxygens (including phenoxy) is 2. The Labute approximate surface area is 124 Å². The number of aryl methyl sites for hydroxylation is 2. The lowest BCUT2D eigenvalue weighted by molar-refractivity contribution is 0.415. The Kier molecular flexibility index (Phi) is 4.42. The van der Waals surface area contributed by atoms with Gasteiger partial charge in [-0.25, -0.2) is 0 Å². The fraction of sp³-hybridized carbons (Fsp3) is 0.250. The quantitative estimate of drug-likeness (QED) is 0.672. The van der Waals surface area contributed by atoms with Gasteiger partial charge < -0.3 is 15.2 Å². The zero-order valence-electron chi connectivity index (χ0n) is 12.7. The van der Waals surface area contributed by atoms with Crippen molar-refractivity contribution in [3.63, 3.8) is 0 Å². The maximum atomic E-state index is 5.86. The summed E-state index contributed by atoms with van der Waals surface area (Å²) in [6, 6.07) is 9.36. The van der Waals surface area contributed by atoms with Crippen molar-refractivity contribution in [1.29, 1.82) is 0 Å². The van der Waals surface area contributed by atoms with E-state index in [0.29, 0.717) is 28.6 Å². The number of nitrogens with zero attached hydrogens (tertiary/aromatic N) is 2. The van der Waals surface area contributed by atoms with Crippen LogP contribution >= 0.6 is 0 Å². The van der Waals surface area contributed by atoms with Crippen LogP contribution in [0.2, 0.25) is 0 Å². The molecule has 0 bridgehead atoms. The molecule has 0 radical (unpaired) electrons. The van der Waals surface area contributed by atoms with Crippen molar-refractivity contribution in [2.45, 2.75) is 13.8 Å². The van der Waals surface area contributed by atoms with Gasteiger partial charge in [0, 0.05) is 6.07 Å². The van der Waals surface area contributed by atoms with Crippen LogP contribution < -0.4 is 15.2 Å². The van der Waals surface area contributed by atoms with Crippen molar-refractivity contribution in [1.82, 2.24) is 0 Å². The molecule has 0 saturated carbocycles. The average molecular weight is 285 g/mol. The number of nitrogens with two attached hydrogens (primary N) is 1. The number of hydrogen-bond donors (Lipinski definition) is 1. The zero-order valence-corrected chi connectivity index (χ0v) is 12.7. The third kappa shape index (κ3) is 3.31. The van der Waals surface area contributed by atoms with Crippen LogP contribution in [-0.4, -0.2) is 14.2 Å². The second kappa shape index (κ2) is 6.26. The maximum Gasteiger partial charge on any atom is 0.146 e. The first-order chi connectivity index (χ1) is 10.0. The molecule has 21 heavy (non-hydrogen) atoms. The number of methoxy groups -OCH3 is 2. The Morgan fingerprint density at radius 3 is 2.19 bits per heavy atom.